The first kappa shape index (κ1) is 16.2. The molecule has 0 aliphatic rings. The number of nitrogens with one attached hydrogen (secondary N) is 2. The Bertz CT molecular complexity index is 203. The standard InChI is InChI=1S/C13H29N3O/c1-6-16(7-2)12(5)10-15-13(17)14-9-8-11(3)4/h11-12H,6-10H2,1-5H3,(H2,14,15,17). The van der Waals surface area contributed by atoms with Crippen LogP contribution in [0.4, 0.5) is 4.79 Å². The first-order chi connectivity index (χ1) is 8.01. The molecule has 0 radical (unpaired) electrons. The molecule has 4 heteroatoms. The highest BCUT2D eigenvalue weighted by molar-refractivity contribution is 5.73. The summed E-state index contributed by atoms with van der Waals surface area (Å²) < 4.78 is 0. The summed E-state index contributed by atoms with van der Waals surface area (Å²) in [5.74, 6) is 0.630. The molecule has 0 aliphatic carbocycles. The van der Waals surface area contributed by atoms with Gasteiger partial charge in [0.05, 0.1) is 0 Å². The number of carbonyl (C=O) groups is 1. The van der Waals surface area contributed by atoms with Crippen molar-refractivity contribution in [2.75, 3.05) is 26.2 Å². The van der Waals surface area contributed by atoms with E-state index < -0.39 is 0 Å². The third-order valence-corrected chi connectivity index (χ3v) is 3.00. The Kier molecular flexibility index (Phi) is 8.86. The molecule has 4 nitrogen and oxygen atoms in total. The highest BCUT2D eigenvalue weighted by Gasteiger charge is 2.10. The number of nitrogens with zero attached hydrogens (tertiary/aromatic N) is 1. The monoisotopic (exact) mass is 243 g/mol. The number of hydrogen-bond donors (Lipinski definition) is 2. The number of rotatable bonds is 8. The molecule has 0 aromatic rings. The van der Waals surface area contributed by atoms with Crippen molar-refractivity contribution in [1.29, 1.82) is 0 Å². The van der Waals surface area contributed by atoms with Gasteiger partial charge in [-0.1, -0.05) is 27.7 Å². The van der Waals surface area contributed by atoms with E-state index in [0.29, 0.717) is 18.5 Å². The second-order valence-electron chi connectivity index (χ2n) is 4.89. The van der Waals surface area contributed by atoms with Crippen LogP contribution in [0.5, 0.6) is 0 Å². The zero-order valence-electron chi connectivity index (χ0n) is 12.0. The topological polar surface area (TPSA) is 44.4 Å². The van der Waals surface area contributed by atoms with Gasteiger partial charge in [0, 0.05) is 19.1 Å². The quantitative estimate of drug-likeness (QED) is 0.685. The molecule has 102 valence electrons. The molecule has 0 aliphatic heterocycles. The lowest BCUT2D eigenvalue weighted by molar-refractivity contribution is 0.214. The molecule has 0 saturated carbocycles. The third kappa shape index (κ3) is 8.02. The molecule has 1 atom stereocenters. The van der Waals surface area contributed by atoms with Crippen LogP contribution in [-0.2, 0) is 0 Å². The highest BCUT2D eigenvalue weighted by atomic mass is 16.2. The molecule has 2 amide bonds. The first-order valence-corrected chi connectivity index (χ1v) is 6.76. The highest BCUT2D eigenvalue weighted by Crippen LogP contribution is 1.97. The summed E-state index contributed by atoms with van der Waals surface area (Å²) in [7, 11) is 0. The molecule has 2 N–H and O–H groups in total. The van der Waals surface area contributed by atoms with E-state index in [0.717, 1.165) is 26.1 Å². The Hall–Kier alpha value is -0.770. The summed E-state index contributed by atoms with van der Waals surface area (Å²) in [4.78, 5) is 13.8. The SMILES string of the molecule is CCN(CC)C(C)CNC(=O)NCCC(C)C. The van der Waals surface area contributed by atoms with Gasteiger partial charge in [0.2, 0.25) is 0 Å². The van der Waals surface area contributed by atoms with Gasteiger partial charge in [-0.15, -0.1) is 0 Å². The van der Waals surface area contributed by atoms with E-state index in [2.05, 4.69) is 50.2 Å². The van der Waals surface area contributed by atoms with Gasteiger partial charge in [-0.3, -0.25) is 4.90 Å². The Morgan fingerprint density at radius 3 is 2.18 bits per heavy atom. The predicted molar refractivity (Wildman–Crippen MR) is 73.2 cm³/mol. The number of likely N-dealkylation sites (N-methyl/N-ethyl adjacent to an activating group) is 1. The molecule has 1 unspecified atom stereocenters. The third-order valence-electron chi connectivity index (χ3n) is 3.00. The van der Waals surface area contributed by atoms with Crippen LogP contribution in [0.3, 0.4) is 0 Å². The van der Waals surface area contributed by atoms with Crippen LogP contribution < -0.4 is 10.6 Å². The molecule has 0 aromatic heterocycles. The fourth-order valence-electron chi connectivity index (χ4n) is 1.75. The van der Waals surface area contributed by atoms with Crippen LogP contribution in [0, 0.1) is 5.92 Å². The van der Waals surface area contributed by atoms with E-state index in [4.69, 9.17) is 0 Å². The largest absolute Gasteiger partial charge is 0.338 e. The maximum absolute atomic E-state index is 11.5. The lowest BCUT2D eigenvalue weighted by Gasteiger charge is -2.26. The molecular formula is C13H29N3O. The van der Waals surface area contributed by atoms with Crippen molar-refractivity contribution in [3.8, 4) is 0 Å². The van der Waals surface area contributed by atoms with Crippen molar-refractivity contribution in [1.82, 2.24) is 15.5 Å². The zero-order valence-corrected chi connectivity index (χ0v) is 12.0. The van der Waals surface area contributed by atoms with Crippen molar-refractivity contribution < 1.29 is 4.79 Å². The maximum Gasteiger partial charge on any atom is 0.314 e. The zero-order chi connectivity index (χ0) is 13.3. The smallest absolute Gasteiger partial charge is 0.314 e. The van der Waals surface area contributed by atoms with Gasteiger partial charge in [-0.25, -0.2) is 4.79 Å². The van der Waals surface area contributed by atoms with Gasteiger partial charge in [0.25, 0.3) is 0 Å². The van der Waals surface area contributed by atoms with Crippen molar-refractivity contribution in [3.05, 3.63) is 0 Å². The van der Waals surface area contributed by atoms with Gasteiger partial charge in [0.15, 0.2) is 0 Å². The number of carbonyl (C=O) groups excluding carboxylic acids is 1. The van der Waals surface area contributed by atoms with Crippen LogP contribution in [0.25, 0.3) is 0 Å². The summed E-state index contributed by atoms with van der Waals surface area (Å²) in [5, 5.41) is 5.79. The number of amides is 2. The summed E-state index contributed by atoms with van der Waals surface area (Å²) >= 11 is 0. The van der Waals surface area contributed by atoms with Crippen molar-refractivity contribution in [2.45, 2.75) is 47.1 Å². The lowest BCUT2D eigenvalue weighted by Crippen LogP contribution is -2.45. The molecular weight excluding hydrogens is 214 g/mol. The minimum Gasteiger partial charge on any atom is -0.338 e. The molecule has 0 spiro atoms. The Morgan fingerprint density at radius 2 is 1.71 bits per heavy atom. The first-order valence-electron chi connectivity index (χ1n) is 6.76. The second kappa shape index (κ2) is 9.28. The van der Waals surface area contributed by atoms with E-state index in [9.17, 15) is 4.79 Å². The van der Waals surface area contributed by atoms with E-state index >= 15 is 0 Å². The van der Waals surface area contributed by atoms with Crippen molar-refractivity contribution >= 4 is 6.03 Å². The average molecular weight is 243 g/mol. The molecule has 0 aromatic carbocycles. The van der Waals surface area contributed by atoms with Gasteiger partial charge in [-0.2, -0.15) is 0 Å². The summed E-state index contributed by atoms with van der Waals surface area (Å²) in [5.41, 5.74) is 0. The van der Waals surface area contributed by atoms with Crippen LogP contribution in [0.1, 0.15) is 41.0 Å². The van der Waals surface area contributed by atoms with Gasteiger partial charge >= 0.3 is 6.03 Å². The normalized spacial score (nSPS) is 12.9. The average Bonchev–Trinajstić information content (AvgIpc) is 2.27. The van der Waals surface area contributed by atoms with E-state index in [-0.39, 0.29) is 6.03 Å². The van der Waals surface area contributed by atoms with Crippen LogP contribution in [-0.4, -0.2) is 43.2 Å². The van der Waals surface area contributed by atoms with Gasteiger partial charge < -0.3 is 10.6 Å². The van der Waals surface area contributed by atoms with Crippen LogP contribution in [0.2, 0.25) is 0 Å². The van der Waals surface area contributed by atoms with Crippen molar-refractivity contribution in [2.24, 2.45) is 5.92 Å². The minimum atomic E-state index is -0.0512. The Balaban J connectivity index is 3.68. The maximum atomic E-state index is 11.5. The molecule has 0 saturated heterocycles. The molecule has 0 heterocycles. The fraction of sp³-hybridized carbons (Fsp3) is 0.923. The predicted octanol–water partition coefficient (Wildman–Crippen LogP) is 2.06. The molecule has 0 rings (SSSR count). The van der Waals surface area contributed by atoms with Gasteiger partial charge in [-0.05, 0) is 32.4 Å². The molecule has 0 fully saturated rings. The second-order valence-corrected chi connectivity index (χ2v) is 4.89. The number of hydrogen-bond acceptors (Lipinski definition) is 2. The van der Waals surface area contributed by atoms with E-state index in [1.54, 1.807) is 0 Å². The fourth-order valence-corrected chi connectivity index (χ4v) is 1.75. The lowest BCUT2D eigenvalue weighted by atomic mass is 10.1. The summed E-state index contributed by atoms with van der Waals surface area (Å²) in [6, 6.07) is 0.338. The molecule has 0 bridgehead atoms. The minimum absolute atomic E-state index is 0.0512. The summed E-state index contributed by atoms with van der Waals surface area (Å²) in [6.45, 7) is 14.2. The van der Waals surface area contributed by atoms with E-state index in [1.165, 1.54) is 0 Å². The van der Waals surface area contributed by atoms with Crippen LogP contribution >= 0.6 is 0 Å². The van der Waals surface area contributed by atoms with E-state index in [1.807, 2.05) is 0 Å². The van der Waals surface area contributed by atoms with Crippen molar-refractivity contribution in [3.63, 3.8) is 0 Å². The Morgan fingerprint density at radius 1 is 1.12 bits per heavy atom. The molecule has 17 heavy (non-hydrogen) atoms. The summed E-state index contributed by atoms with van der Waals surface area (Å²) in [6.07, 6.45) is 1.03. The Labute approximate surface area is 106 Å². The number of urea groups is 1. The van der Waals surface area contributed by atoms with Gasteiger partial charge in [0.1, 0.15) is 0 Å². The van der Waals surface area contributed by atoms with Crippen LogP contribution in [0.15, 0.2) is 0 Å².